The third-order valence-electron chi connectivity index (χ3n) is 0.194. The molecule has 1 unspecified atom stereocenters. The summed E-state index contributed by atoms with van der Waals surface area (Å²) in [7, 11) is 3.05. The normalized spacial score (nSPS) is 13.0. The van der Waals surface area contributed by atoms with E-state index in [-0.39, 0.29) is 5.54 Å². The summed E-state index contributed by atoms with van der Waals surface area (Å²) in [5.41, 5.74) is -0.00463. The third kappa shape index (κ3) is 3.71. The largest absolute Gasteiger partial charge is 0.198 e. The highest BCUT2D eigenvalue weighted by molar-refractivity contribution is 6.13. The highest BCUT2D eigenvalue weighted by atomic mass is 28.1. The molecule has 0 spiro atoms. The molecule has 0 aromatic rings. The Morgan fingerprint density at radius 2 is 2.20 bits per heavy atom. The first-order chi connectivity index (χ1) is 2.27. The molecular weight excluding hydrogens is 78.1 g/mol. The summed E-state index contributed by atoms with van der Waals surface area (Å²) >= 11 is 0. The van der Waals surface area contributed by atoms with Gasteiger partial charge in [0.2, 0.25) is 0 Å². The number of nitrogens with zero attached hydrogens (tertiary/aromatic N) is 1. The minimum atomic E-state index is -0.00463. The third-order valence-corrected chi connectivity index (χ3v) is 0.323. The van der Waals surface area contributed by atoms with Gasteiger partial charge in [-0.05, 0) is 0 Å². The van der Waals surface area contributed by atoms with Gasteiger partial charge in [-0.1, -0.05) is 6.92 Å². The molecule has 2 heteroatoms. The second-order valence-electron chi connectivity index (χ2n) is 0.851. The van der Waals surface area contributed by atoms with Crippen molar-refractivity contribution >= 4 is 10.2 Å². The average Bonchev–Trinajstić information content (AvgIpc) is 1.38. The van der Waals surface area contributed by atoms with E-state index in [4.69, 9.17) is 5.26 Å². The monoisotopic (exact) mass is 82.0 g/mol. The summed E-state index contributed by atoms with van der Waals surface area (Å²) in [6.07, 6.45) is 0. The van der Waals surface area contributed by atoms with Gasteiger partial charge in [0, 0.05) is 15.8 Å². The number of nitriles is 1. The lowest BCUT2D eigenvalue weighted by atomic mass is 10.5. The molecule has 0 amide bonds. The summed E-state index contributed by atoms with van der Waals surface area (Å²) in [6.45, 7) is 1.77. The van der Waals surface area contributed by atoms with E-state index in [1.165, 1.54) is 0 Å². The van der Waals surface area contributed by atoms with E-state index in [1.807, 2.05) is 6.07 Å². The molecular formula is C3H4NSi. The molecule has 0 rings (SSSR count). The number of rotatable bonds is 0. The number of hydrogen-bond donors (Lipinski definition) is 0. The molecule has 0 aliphatic carbocycles. The smallest absolute Gasteiger partial charge is 0.0612 e. The van der Waals surface area contributed by atoms with Crippen LogP contribution in [0.25, 0.3) is 0 Å². The van der Waals surface area contributed by atoms with Crippen LogP contribution in [-0.2, 0) is 0 Å². The van der Waals surface area contributed by atoms with Gasteiger partial charge in [-0.25, -0.2) is 0 Å². The van der Waals surface area contributed by atoms with Crippen LogP contribution in [-0.4, -0.2) is 10.2 Å². The van der Waals surface area contributed by atoms with E-state index in [1.54, 1.807) is 6.92 Å². The zero-order chi connectivity index (χ0) is 4.28. The van der Waals surface area contributed by atoms with Crippen LogP contribution in [0.2, 0.25) is 5.54 Å². The molecule has 0 aromatic carbocycles. The van der Waals surface area contributed by atoms with E-state index in [2.05, 4.69) is 10.2 Å². The zero-order valence-corrected chi connectivity index (χ0v) is 4.02. The summed E-state index contributed by atoms with van der Waals surface area (Å²) in [4.78, 5) is 0. The van der Waals surface area contributed by atoms with Crippen molar-refractivity contribution in [2.75, 3.05) is 0 Å². The summed E-state index contributed by atoms with van der Waals surface area (Å²) in [5, 5.41) is 7.84. The topological polar surface area (TPSA) is 23.8 Å². The van der Waals surface area contributed by atoms with Gasteiger partial charge in [0.1, 0.15) is 0 Å². The first-order valence-electron chi connectivity index (χ1n) is 1.38. The minimum Gasteiger partial charge on any atom is -0.198 e. The molecule has 0 aliphatic rings. The molecule has 0 saturated heterocycles. The van der Waals surface area contributed by atoms with Crippen LogP contribution in [0.3, 0.4) is 0 Å². The number of hydrogen-bond acceptors (Lipinski definition) is 1. The highest BCUT2D eigenvalue weighted by Gasteiger charge is 1.79. The van der Waals surface area contributed by atoms with Gasteiger partial charge < -0.3 is 0 Å². The van der Waals surface area contributed by atoms with E-state index in [0.29, 0.717) is 0 Å². The van der Waals surface area contributed by atoms with E-state index in [9.17, 15) is 0 Å². The second kappa shape index (κ2) is 1.98. The lowest BCUT2D eigenvalue weighted by Gasteiger charge is -1.75. The van der Waals surface area contributed by atoms with Crippen molar-refractivity contribution < 1.29 is 0 Å². The van der Waals surface area contributed by atoms with Crippen molar-refractivity contribution in [3.8, 4) is 6.07 Å². The predicted octanol–water partition coefficient (Wildman–Crippen LogP) is 0.487. The fraction of sp³-hybridized carbons (Fsp3) is 0.667. The van der Waals surface area contributed by atoms with Gasteiger partial charge in [-0.2, -0.15) is 5.26 Å². The van der Waals surface area contributed by atoms with Crippen molar-refractivity contribution in [2.45, 2.75) is 12.5 Å². The minimum absolute atomic E-state index is 0.00463. The molecule has 0 bridgehead atoms. The fourth-order valence-electron chi connectivity index (χ4n) is 0. The molecule has 25 valence electrons. The Morgan fingerprint density at radius 1 is 2.00 bits per heavy atom. The SMILES string of the molecule is CC([Si])C#N. The van der Waals surface area contributed by atoms with Crippen LogP contribution in [0, 0.1) is 11.3 Å². The average molecular weight is 82.2 g/mol. The van der Waals surface area contributed by atoms with Crippen molar-refractivity contribution in [2.24, 2.45) is 0 Å². The van der Waals surface area contributed by atoms with Crippen LogP contribution < -0.4 is 0 Å². The van der Waals surface area contributed by atoms with Crippen LogP contribution >= 0.6 is 0 Å². The molecule has 0 aromatic heterocycles. The van der Waals surface area contributed by atoms with Crippen molar-refractivity contribution in [1.82, 2.24) is 0 Å². The fourth-order valence-corrected chi connectivity index (χ4v) is 0. The summed E-state index contributed by atoms with van der Waals surface area (Å²) in [6, 6.07) is 1.94. The summed E-state index contributed by atoms with van der Waals surface area (Å²) in [5.74, 6) is 0. The second-order valence-corrected chi connectivity index (χ2v) is 1.72. The lowest BCUT2D eigenvalue weighted by Crippen LogP contribution is -1.72. The Hall–Kier alpha value is -0.293. The Morgan fingerprint density at radius 3 is 2.20 bits per heavy atom. The van der Waals surface area contributed by atoms with Gasteiger partial charge in [0.05, 0.1) is 6.07 Å². The van der Waals surface area contributed by atoms with E-state index < -0.39 is 0 Å². The Balaban J connectivity index is 2.94. The predicted molar refractivity (Wildman–Crippen MR) is 20.8 cm³/mol. The van der Waals surface area contributed by atoms with Gasteiger partial charge in [-0.3, -0.25) is 0 Å². The van der Waals surface area contributed by atoms with Crippen LogP contribution in [0.1, 0.15) is 6.92 Å². The molecule has 5 heavy (non-hydrogen) atoms. The molecule has 0 saturated carbocycles. The van der Waals surface area contributed by atoms with E-state index in [0.717, 1.165) is 0 Å². The van der Waals surface area contributed by atoms with Crippen LogP contribution in [0.4, 0.5) is 0 Å². The Bertz CT molecular complexity index is 52.4. The van der Waals surface area contributed by atoms with Gasteiger partial charge in [0.25, 0.3) is 0 Å². The molecule has 0 fully saturated rings. The maximum absolute atomic E-state index is 7.84. The van der Waals surface area contributed by atoms with Gasteiger partial charge in [-0.15, -0.1) is 0 Å². The lowest BCUT2D eigenvalue weighted by molar-refractivity contribution is 1.21. The first-order valence-corrected chi connectivity index (χ1v) is 1.96. The van der Waals surface area contributed by atoms with Crippen LogP contribution in [0.5, 0.6) is 0 Å². The van der Waals surface area contributed by atoms with Gasteiger partial charge in [0.15, 0.2) is 0 Å². The molecule has 1 nitrogen and oxygen atoms in total. The molecule has 0 heterocycles. The standard InChI is InChI=1S/C3H4NSi/c1-3(5)2-4/h3H,1H3. The van der Waals surface area contributed by atoms with Gasteiger partial charge >= 0.3 is 0 Å². The van der Waals surface area contributed by atoms with Crippen LogP contribution in [0.15, 0.2) is 0 Å². The zero-order valence-electron chi connectivity index (χ0n) is 3.02. The maximum atomic E-state index is 7.84. The Labute approximate surface area is 35.0 Å². The quantitative estimate of drug-likeness (QED) is 0.390. The van der Waals surface area contributed by atoms with Crippen molar-refractivity contribution in [3.05, 3.63) is 0 Å². The molecule has 0 N–H and O–H groups in total. The highest BCUT2D eigenvalue weighted by Crippen LogP contribution is 1.85. The van der Waals surface area contributed by atoms with E-state index >= 15 is 0 Å². The van der Waals surface area contributed by atoms with Crippen molar-refractivity contribution in [3.63, 3.8) is 0 Å². The summed E-state index contributed by atoms with van der Waals surface area (Å²) < 4.78 is 0. The maximum Gasteiger partial charge on any atom is 0.0612 e. The Kier molecular flexibility index (Phi) is 1.86. The first kappa shape index (κ1) is 4.71. The molecule has 0 aliphatic heterocycles. The van der Waals surface area contributed by atoms with Crippen molar-refractivity contribution in [1.29, 1.82) is 5.26 Å². The molecule has 3 radical (unpaired) electrons. The molecule has 1 atom stereocenters.